The highest BCUT2D eigenvalue weighted by Gasteiger charge is 2.22. The van der Waals surface area contributed by atoms with Crippen molar-refractivity contribution >= 4 is 11.6 Å². The van der Waals surface area contributed by atoms with E-state index in [1.54, 1.807) is 7.11 Å². The molecule has 2 aliphatic heterocycles. The molecule has 0 atom stereocenters. The molecule has 1 aromatic rings. The fourth-order valence-corrected chi connectivity index (χ4v) is 3.69. The minimum absolute atomic E-state index is 0.337. The number of hydrogen-bond donors (Lipinski definition) is 0. The topological polar surface area (TPSA) is 36.0 Å². The molecule has 2 heterocycles. The molecule has 2 aliphatic rings. The van der Waals surface area contributed by atoms with Crippen LogP contribution in [0.15, 0.2) is 24.3 Å². The van der Waals surface area contributed by atoms with Crippen molar-refractivity contribution < 1.29 is 9.53 Å². The lowest BCUT2D eigenvalue weighted by atomic mass is 9.99. The highest BCUT2D eigenvalue weighted by Crippen LogP contribution is 2.21. The van der Waals surface area contributed by atoms with Gasteiger partial charge in [0.2, 0.25) is 5.91 Å². The number of hydrogen-bond acceptors (Lipinski definition) is 4. The van der Waals surface area contributed by atoms with Crippen LogP contribution >= 0.6 is 0 Å². The van der Waals surface area contributed by atoms with E-state index in [-0.39, 0.29) is 0 Å². The average molecular weight is 345 g/mol. The first-order valence-corrected chi connectivity index (χ1v) is 9.55. The standard InChI is InChI=1S/C20H31N3O2/c1-17-7-11-23(12-8-17)20(24)9-10-21-13-15-22(16-14-21)18-3-5-19(25-2)6-4-18/h3-6,17H,7-16H2,1-2H3. The zero-order chi connectivity index (χ0) is 17.6. The molecule has 0 aliphatic carbocycles. The number of anilines is 1. The summed E-state index contributed by atoms with van der Waals surface area (Å²) in [5.74, 6) is 2.01. The van der Waals surface area contributed by atoms with E-state index in [1.807, 2.05) is 12.1 Å². The first kappa shape index (κ1) is 18.1. The van der Waals surface area contributed by atoms with Gasteiger partial charge in [0.25, 0.3) is 0 Å². The SMILES string of the molecule is COc1ccc(N2CCN(CCC(=O)N3CCC(C)CC3)CC2)cc1. The predicted molar refractivity (Wildman–Crippen MR) is 101 cm³/mol. The van der Waals surface area contributed by atoms with Gasteiger partial charge in [0.15, 0.2) is 0 Å². The van der Waals surface area contributed by atoms with Crippen LogP contribution in [0.3, 0.4) is 0 Å². The summed E-state index contributed by atoms with van der Waals surface area (Å²) in [6.07, 6.45) is 2.98. The third-order valence-electron chi connectivity index (χ3n) is 5.59. The van der Waals surface area contributed by atoms with Gasteiger partial charge in [-0.3, -0.25) is 9.69 Å². The average Bonchev–Trinajstić information content (AvgIpc) is 2.67. The third-order valence-corrected chi connectivity index (χ3v) is 5.59. The van der Waals surface area contributed by atoms with E-state index in [0.717, 1.165) is 70.3 Å². The number of ether oxygens (including phenoxy) is 1. The Bertz CT molecular complexity index is 545. The normalized spacial score (nSPS) is 19.9. The number of amides is 1. The molecule has 2 saturated heterocycles. The molecule has 0 saturated carbocycles. The Morgan fingerprint density at radius 2 is 1.68 bits per heavy atom. The highest BCUT2D eigenvalue weighted by atomic mass is 16.5. The number of methoxy groups -OCH3 is 1. The van der Waals surface area contributed by atoms with Gasteiger partial charge >= 0.3 is 0 Å². The molecule has 0 spiro atoms. The van der Waals surface area contributed by atoms with Crippen molar-refractivity contribution in [2.75, 3.05) is 57.8 Å². The van der Waals surface area contributed by atoms with Crippen molar-refractivity contribution in [1.82, 2.24) is 9.80 Å². The van der Waals surface area contributed by atoms with Crippen LogP contribution in [-0.2, 0) is 4.79 Å². The lowest BCUT2D eigenvalue weighted by Gasteiger charge is -2.36. The number of piperidine rings is 1. The Hall–Kier alpha value is -1.75. The van der Waals surface area contributed by atoms with E-state index in [1.165, 1.54) is 5.69 Å². The molecule has 1 aromatic carbocycles. The largest absolute Gasteiger partial charge is 0.497 e. The Morgan fingerprint density at radius 3 is 2.28 bits per heavy atom. The summed E-state index contributed by atoms with van der Waals surface area (Å²) in [7, 11) is 1.69. The summed E-state index contributed by atoms with van der Waals surface area (Å²) < 4.78 is 5.22. The lowest BCUT2D eigenvalue weighted by molar-refractivity contribution is -0.132. The van der Waals surface area contributed by atoms with E-state index in [2.05, 4.69) is 33.8 Å². The van der Waals surface area contributed by atoms with E-state index in [9.17, 15) is 4.79 Å². The molecular formula is C20H31N3O2. The summed E-state index contributed by atoms with van der Waals surface area (Å²) in [6.45, 7) is 9.15. The molecular weight excluding hydrogens is 314 g/mol. The smallest absolute Gasteiger partial charge is 0.223 e. The van der Waals surface area contributed by atoms with Crippen LogP contribution in [0.25, 0.3) is 0 Å². The number of benzene rings is 1. The lowest BCUT2D eigenvalue weighted by Crippen LogP contribution is -2.47. The quantitative estimate of drug-likeness (QED) is 0.821. The van der Waals surface area contributed by atoms with Gasteiger partial charge in [0, 0.05) is 57.9 Å². The second-order valence-electron chi connectivity index (χ2n) is 7.34. The fraction of sp³-hybridized carbons (Fsp3) is 0.650. The number of nitrogens with zero attached hydrogens (tertiary/aromatic N) is 3. The number of carbonyl (C=O) groups excluding carboxylic acids is 1. The van der Waals surface area contributed by atoms with Crippen LogP contribution in [0, 0.1) is 5.92 Å². The van der Waals surface area contributed by atoms with Crippen LogP contribution in [0.1, 0.15) is 26.2 Å². The van der Waals surface area contributed by atoms with Gasteiger partial charge in [0.1, 0.15) is 5.75 Å². The maximum Gasteiger partial charge on any atom is 0.223 e. The molecule has 5 nitrogen and oxygen atoms in total. The maximum absolute atomic E-state index is 12.4. The second kappa shape index (κ2) is 8.56. The molecule has 3 rings (SSSR count). The van der Waals surface area contributed by atoms with Crippen molar-refractivity contribution in [3.8, 4) is 5.75 Å². The summed E-state index contributed by atoms with van der Waals surface area (Å²) in [6, 6.07) is 8.27. The Kier molecular flexibility index (Phi) is 6.19. The molecule has 138 valence electrons. The van der Waals surface area contributed by atoms with Gasteiger partial charge in [-0.2, -0.15) is 0 Å². The predicted octanol–water partition coefficient (Wildman–Crippen LogP) is 2.47. The van der Waals surface area contributed by atoms with Crippen molar-refractivity contribution in [3.05, 3.63) is 24.3 Å². The van der Waals surface area contributed by atoms with Gasteiger partial charge in [-0.05, 0) is 43.0 Å². The first-order chi connectivity index (χ1) is 12.2. The van der Waals surface area contributed by atoms with E-state index in [0.29, 0.717) is 12.3 Å². The Balaban J connectivity index is 1.39. The van der Waals surface area contributed by atoms with Crippen molar-refractivity contribution in [1.29, 1.82) is 0 Å². The highest BCUT2D eigenvalue weighted by molar-refractivity contribution is 5.76. The molecule has 1 amide bonds. The summed E-state index contributed by atoms with van der Waals surface area (Å²) in [5, 5.41) is 0. The van der Waals surface area contributed by atoms with Crippen molar-refractivity contribution in [2.24, 2.45) is 5.92 Å². The minimum atomic E-state index is 0.337. The van der Waals surface area contributed by atoms with Crippen LogP contribution in [0.5, 0.6) is 5.75 Å². The van der Waals surface area contributed by atoms with Crippen LogP contribution < -0.4 is 9.64 Å². The van der Waals surface area contributed by atoms with Crippen LogP contribution in [0.4, 0.5) is 5.69 Å². The van der Waals surface area contributed by atoms with Gasteiger partial charge in [-0.25, -0.2) is 0 Å². The molecule has 0 unspecified atom stereocenters. The molecule has 0 N–H and O–H groups in total. The van der Waals surface area contributed by atoms with Crippen LogP contribution in [0.2, 0.25) is 0 Å². The zero-order valence-corrected chi connectivity index (χ0v) is 15.6. The number of likely N-dealkylation sites (tertiary alicyclic amines) is 1. The molecule has 5 heteroatoms. The molecule has 25 heavy (non-hydrogen) atoms. The van der Waals surface area contributed by atoms with E-state index in [4.69, 9.17) is 4.74 Å². The Morgan fingerprint density at radius 1 is 1.04 bits per heavy atom. The second-order valence-corrected chi connectivity index (χ2v) is 7.34. The third kappa shape index (κ3) is 4.88. The first-order valence-electron chi connectivity index (χ1n) is 9.55. The number of rotatable bonds is 5. The molecule has 2 fully saturated rings. The zero-order valence-electron chi connectivity index (χ0n) is 15.6. The van der Waals surface area contributed by atoms with E-state index < -0.39 is 0 Å². The summed E-state index contributed by atoms with van der Waals surface area (Å²) in [4.78, 5) is 19.3. The molecule has 0 bridgehead atoms. The minimum Gasteiger partial charge on any atom is -0.497 e. The van der Waals surface area contributed by atoms with Crippen LogP contribution in [-0.4, -0.2) is 68.6 Å². The van der Waals surface area contributed by atoms with Gasteiger partial charge in [-0.15, -0.1) is 0 Å². The number of piperazine rings is 1. The Labute approximate surface area is 151 Å². The van der Waals surface area contributed by atoms with Gasteiger partial charge < -0.3 is 14.5 Å². The maximum atomic E-state index is 12.4. The summed E-state index contributed by atoms with van der Waals surface area (Å²) >= 11 is 0. The van der Waals surface area contributed by atoms with Crippen molar-refractivity contribution in [3.63, 3.8) is 0 Å². The van der Waals surface area contributed by atoms with Crippen molar-refractivity contribution in [2.45, 2.75) is 26.2 Å². The van der Waals surface area contributed by atoms with Gasteiger partial charge in [0.05, 0.1) is 7.11 Å². The number of carbonyl (C=O) groups is 1. The fourth-order valence-electron chi connectivity index (χ4n) is 3.69. The summed E-state index contributed by atoms with van der Waals surface area (Å²) in [5.41, 5.74) is 1.25. The molecule has 0 aromatic heterocycles. The van der Waals surface area contributed by atoms with Gasteiger partial charge in [-0.1, -0.05) is 6.92 Å². The molecule has 0 radical (unpaired) electrons. The van der Waals surface area contributed by atoms with E-state index >= 15 is 0 Å². The monoisotopic (exact) mass is 345 g/mol.